The lowest BCUT2D eigenvalue weighted by Gasteiger charge is -2.13. The molecule has 0 spiro atoms. The van der Waals surface area contributed by atoms with E-state index in [1.165, 1.54) is 48.5 Å². The van der Waals surface area contributed by atoms with Gasteiger partial charge in [-0.1, -0.05) is 17.7 Å². The number of nitrogens with one attached hydrogen (secondary N) is 1. The summed E-state index contributed by atoms with van der Waals surface area (Å²) < 4.78 is 44.0. The monoisotopic (exact) mass is 551 g/mol. The highest BCUT2D eigenvalue weighted by molar-refractivity contribution is 9.10. The molecule has 0 unspecified atom stereocenters. The number of nitrogens with two attached hydrogens (primary N) is 1. The largest absolute Gasteiger partial charge is 0.454 e. The number of nitrogens with zero attached hydrogens (tertiary/aromatic N) is 1. The van der Waals surface area contributed by atoms with Gasteiger partial charge in [0.25, 0.3) is 0 Å². The molecule has 3 rings (SSSR count). The number of rotatable bonds is 6. The topological polar surface area (TPSA) is 103 Å². The zero-order chi connectivity index (χ0) is 24.3. The second kappa shape index (κ2) is 9.89. The Kier molecular flexibility index (Phi) is 7.39. The van der Waals surface area contributed by atoms with E-state index in [2.05, 4.69) is 26.1 Å². The first kappa shape index (κ1) is 24.7. The Balaban J connectivity index is 1.82. The number of hydrogen-bond acceptors (Lipinski definition) is 4. The van der Waals surface area contributed by atoms with Crippen molar-refractivity contribution in [3.05, 3.63) is 86.4 Å². The summed E-state index contributed by atoms with van der Waals surface area (Å²) in [5, 5.41) is 7.99. The van der Waals surface area contributed by atoms with Crippen LogP contribution in [0.15, 0.2) is 57.9 Å². The molecule has 0 aliphatic carbocycles. The zero-order valence-corrected chi connectivity index (χ0v) is 20.2. The maximum Gasteiger partial charge on any atom is 0.238 e. The second-order valence-electron chi connectivity index (χ2n) is 6.96. The third-order valence-electron chi connectivity index (χ3n) is 4.49. The van der Waals surface area contributed by atoms with Crippen molar-refractivity contribution < 1.29 is 22.3 Å². The molecular weight excluding hydrogens is 537 g/mol. The van der Waals surface area contributed by atoms with E-state index in [0.29, 0.717) is 15.7 Å². The quantitative estimate of drug-likeness (QED) is 0.382. The first-order valence-corrected chi connectivity index (χ1v) is 12.0. The standard InChI is InChI=1S/C22H16BrClFN3O4S/c1-12-7-17(33(26,30)31)4-6-19(12)28-20(29)8-13-3-5-18(23)22(21(13)25)32-16-10-14(24)9-15(11-16)27-2/h3-7,9-11H,8H2,1H3,(H,28,29)(H2,26,30,31). The van der Waals surface area contributed by atoms with Gasteiger partial charge in [-0.15, -0.1) is 0 Å². The molecule has 1 amide bonds. The van der Waals surface area contributed by atoms with E-state index >= 15 is 4.39 Å². The Morgan fingerprint density at radius 2 is 1.97 bits per heavy atom. The molecule has 0 radical (unpaired) electrons. The van der Waals surface area contributed by atoms with E-state index in [0.717, 1.165) is 0 Å². The molecule has 7 nitrogen and oxygen atoms in total. The summed E-state index contributed by atoms with van der Waals surface area (Å²) in [5.41, 5.74) is 1.14. The molecule has 3 aromatic rings. The van der Waals surface area contributed by atoms with Gasteiger partial charge in [-0.2, -0.15) is 0 Å². The third kappa shape index (κ3) is 6.09. The molecule has 33 heavy (non-hydrogen) atoms. The fourth-order valence-corrected chi connectivity index (χ4v) is 4.12. The van der Waals surface area contributed by atoms with Crippen LogP contribution in [0.1, 0.15) is 11.1 Å². The maximum atomic E-state index is 15.2. The third-order valence-corrected chi connectivity index (χ3v) is 6.24. The summed E-state index contributed by atoms with van der Waals surface area (Å²) in [6.07, 6.45) is -0.311. The minimum absolute atomic E-state index is 0.0666. The predicted molar refractivity (Wildman–Crippen MR) is 127 cm³/mol. The van der Waals surface area contributed by atoms with Crippen LogP contribution in [0.4, 0.5) is 15.8 Å². The molecule has 0 bridgehead atoms. The fourth-order valence-electron chi connectivity index (χ4n) is 2.91. The smallest absolute Gasteiger partial charge is 0.238 e. The lowest BCUT2D eigenvalue weighted by atomic mass is 10.1. The summed E-state index contributed by atoms with van der Waals surface area (Å²) in [4.78, 5) is 15.7. The van der Waals surface area contributed by atoms with Crippen LogP contribution in [0.5, 0.6) is 11.5 Å². The van der Waals surface area contributed by atoms with Crippen molar-refractivity contribution in [2.24, 2.45) is 5.14 Å². The van der Waals surface area contributed by atoms with E-state index in [4.69, 9.17) is 28.0 Å². The molecule has 170 valence electrons. The molecule has 0 aromatic heterocycles. The SMILES string of the molecule is [C-]#[N+]c1cc(Cl)cc(Oc2c(Br)ccc(CC(=O)Nc3ccc(S(N)(=O)=O)cc3C)c2F)c1. The van der Waals surface area contributed by atoms with Crippen LogP contribution in [0.25, 0.3) is 4.85 Å². The predicted octanol–water partition coefficient (Wildman–Crippen LogP) is 5.72. The summed E-state index contributed by atoms with van der Waals surface area (Å²) in [6, 6.07) is 11.3. The van der Waals surface area contributed by atoms with E-state index in [1.54, 1.807) is 6.92 Å². The molecule has 0 fully saturated rings. The van der Waals surface area contributed by atoms with Gasteiger partial charge in [0.15, 0.2) is 17.3 Å². The number of carbonyl (C=O) groups is 1. The van der Waals surface area contributed by atoms with Crippen LogP contribution >= 0.6 is 27.5 Å². The minimum Gasteiger partial charge on any atom is -0.454 e. The van der Waals surface area contributed by atoms with Gasteiger partial charge in [0.1, 0.15) is 5.75 Å². The van der Waals surface area contributed by atoms with Crippen LogP contribution in [-0.4, -0.2) is 14.3 Å². The van der Waals surface area contributed by atoms with Crippen molar-refractivity contribution >= 4 is 54.8 Å². The van der Waals surface area contributed by atoms with Crippen molar-refractivity contribution in [2.75, 3.05) is 5.32 Å². The zero-order valence-electron chi connectivity index (χ0n) is 17.0. The lowest BCUT2D eigenvalue weighted by molar-refractivity contribution is -0.115. The Labute approximate surface area is 203 Å². The van der Waals surface area contributed by atoms with Crippen molar-refractivity contribution in [1.29, 1.82) is 0 Å². The van der Waals surface area contributed by atoms with Gasteiger partial charge < -0.3 is 10.1 Å². The van der Waals surface area contributed by atoms with Crippen molar-refractivity contribution in [3.63, 3.8) is 0 Å². The Morgan fingerprint density at radius 1 is 1.24 bits per heavy atom. The van der Waals surface area contributed by atoms with Crippen LogP contribution in [-0.2, 0) is 21.2 Å². The molecule has 11 heteroatoms. The highest BCUT2D eigenvalue weighted by Gasteiger charge is 2.18. The van der Waals surface area contributed by atoms with Gasteiger partial charge in [-0.05, 0) is 70.9 Å². The number of ether oxygens (including phenoxy) is 1. The normalized spacial score (nSPS) is 11.0. The highest BCUT2D eigenvalue weighted by Crippen LogP contribution is 2.37. The van der Waals surface area contributed by atoms with Gasteiger partial charge in [0, 0.05) is 16.3 Å². The number of carbonyl (C=O) groups excluding carboxylic acids is 1. The molecule has 0 aliphatic heterocycles. The van der Waals surface area contributed by atoms with Crippen LogP contribution in [0.2, 0.25) is 5.02 Å². The fraction of sp³-hybridized carbons (Fsp3) is 0.0909. The number of anilines is 1. The number of sulfonamides is 1. The second-order valence-corrected chi connectivity index (χ2v) is 9.81. The van der Waals surface area contributed by atoms with Crippen LogP contribution in [0.3, 0.4) is 0 Å². The Bertz CT molecular complexity index is 1410. The van der Waals surface area contributed by atoms with Gasteiger partial charge in [-0.3, -0.25) is 4.79 Å². The molecule has 0 heterocycles. The first-order valence-electron chi connectivity index (χ1n) is 9.24. The highest BCUT2D eigenvalue weighted by atomic mass is 79.9. The molecule has 3 aromatic carbocycles. The minimum atomic E-state index is -3.87. The molecule has 0 saturated carbocycles. The summed E-state index contributed by atoms with van der Waals surface area (Å²) in [5.74, 6) is -1.27. The lowest BCUT2D eigenvalue weighted by Crippen LogP contribution is -2.17. The maximum absolute atomic E-state index is 15.2. The first-order chi connectivity index (χ1) is 15.5. The average molecular weight is 553 g/mol. The summed E-state index contributed by atoms with van der Waals surface area (Å²) >= 11 is 9.20. The van der Waals surface area contributed by atoms with Crippen molar-refractivity contribution in [2.45, 2.75) is 18.2 Å². The van der Waals surface area contributed by atoms with Crippen LogP contribution < -0.4 is 15.2 Å². The molecule has 3 N–H and O–H groups in total. The molecular formula is C22H16BrClFN3O4S. The van der Waals surface area contributed by atoms with E-state index < -0.39 is 21.7 Å². The number of aryl methyl sites for hydroxylation is 1. The van der Waals surface area contributed by atoms with Gasteiger partial charge in [0.05, 0.1) is 22.4 Å². The van der Waals surface area contributed by atoms with Crippen molar-refractivity contribution in [3.8, 4) is 11.5 Å². The van der Waals surface area contributed by atoms with E-state index in [9.17, 15) is 13.2 Å². The number of benzene rings is 3. The van der Waals surface area contributed by atoms with Crippen LogP contribution in [0, 0.1) is 19.3 Å². The van der Waals surface area contributed by atoms with E-state index in [1.807, 2.05) is 0 Å². The van der Waals surface area contributed by atoms with E-state index in [-0.39, 0.29) is 39.1 Å². The van der Waals surface area contributed by atoms with Crippen molar-refractivity contribution in [1.82, 2.24) is 0 Å². The molecule has 0 atom stereocenters. The molecule has 0 saturated heterocycles. The summed E-state index contributed by atoms with van der Waals surface area (Å²) in [6.45, 7) is 8.72. The van der Waals surface area contributed by atoms with Gasteiger partial charge in [-0.25, -0.2) is 22.8 Å². The van der Waals surface area contributed by atoms with Gasteiger partial charge >= 0.3 is 0 Å². The summed E-state index contributed by atoms with van der Waals surface area (Å²) in [7, 11) is -3.87. The number of hydrogen-bond donors (Lipinski definition) is 2. The Morgan fingerprint density at radius 3 is 2.61 bits per heavy atom. The van der Waals surface area contributed by atoms with Gasteiger partial charge in [0.2, 0.25) is 15.9 Å². The average Bonchev–Trinajstić information content (AvgIpc) is 2.73. The Hall–Kier alpha value is -2.97. The molecule has 0 aliphatic rings. The number of amides is 1. The number of primary sulfonamides is 1. The number of halogens is 3.